The molecule has 0 aliphatic heterocycles. The molecule has 0 unspecified atom stereocenters. The molecule has 5 heteroatoms. The fraction of sp³-hybridized carbons (Fsp3) is 0.316. The summed E-state index contributed by atoms with van der Waals surface area (Å²) < 4.78 is 10.6. The van der Waals surface area contributed by atoms with E-state index in [9.17, 15) is 0 Å². The van der Waals surface area contributed by atoms with E-state index in [1.807, 2.05) is 18.2 Å². The molecule has 128 valence electrons. The molecule has 0 spiro atoms. The largest absolute Gasteiger partial charge is 0.493 e. The highest BCUT2D eigenvalue weighted by molar-refractivity contribution is 7.80. The fourth-order valence-corrected chi connectivity index (χ4v) is 2.88. The summed E-state index contributed by atoms with van der Waals surface area (Å²) in [5, 5.41) is 7.08. The van der Waals surface area contributed by atoms with E-state index in [2.05, 4.69) is 49.6 Å². The molecule has 0 heterocycles. The number of anilines is 1. The monoisotopic (exact) mass is 344 g/mol. The van der Waals surface area contributed by atoms with Crippen LogP contribution in [0.5, 0.6) is 11.5 Å². The van der Waals surface area contributed by atoms with Crippen molar-refractivity contribution in [1.29, 1.82) is 0 Å². The van der Waals surface area contributed by atoms with Crippen LogP contribution in [0.15, 0.2) is 36.4 Å². The van der Waals surface area contributed by atoms with Crippen LogP contribution in [0.1, 0.15) is 29.7 Å². The van der Waals surface area contributed by atoms with Gasteiger partial charge in [0.2, 0.25) is 0 Å². The molecule has 0 radical (unpaired) electrons. The van der Waals surface area contributed by atoms with Gasteiger partial charge in [0.1, 0.15) is 0 Å². The molecular formula is C19H24N2O2S. The summed E-state index contributed by atoms with van der Waals surface area (Å²) in [6.07, 6.45) is 0. The van der Waals surface area contributed by atoms with E-state index in [1.54, 1.807) is 14.2 Å². The number of hydrogen-bond acceptors (Lipinski definition) is 3. The third kappa shape index (κ3) is 4.38. The molecule has 0 aromatic heterocycles. The minimum atomic E-state index is 0.116. The van der Waals surface area contributed by atoms with Gasteiger partial charge in [0.15, 0.2) is 16.6 Å². The molecule has 2 rings (SSSR count). The summed E-state index contributed by atoms with van der Waals surface area (Å²) in [4.78, 5) is 0. The van der Waals surface area contributed by atoms with Crippen molar-refractivity contribution >= 4 is 23.0 Å². The van der Waals surface area contributed by atoms with Gasteiger partial charge in [-0.2, -0.15) is 0 Å². The normalized spacial score (nSPS) is 11.5. The first-order valence-electron chi connectivity index (χ1n) is 7.81. The number of aryl methyl sites for hydroxylation is 2. The van der Waals surface area contributed by atoms with Gasteiger partial charge in [0, 0.05) is 11.8 Å². The third-order valence-corrected chi connectivity index (χ3v) is 4.11. The zero-order valence-corrected chi connectivity index (χ0v) is 15.6. The Morgan fingerprint density at radius 2 is 1.71 bits per heavy atom. The van der Waals surface area contributed by atoms with Crippen LogP contribution in [0.25, 0.3) is 0 Å². The maximum absolute atomic E-state index is 5.43. The Morgan fingerprint density at radius 1 is 1.00 bits per heavy atom. The van der Waals surface area contributed by atoms with Crippen LogP contribution in [0.2, 0.25) is 0 Å². The lowest BCUT2D eigenvalue weighted by Crippen LogP contribution is -2.31. The molecule has 0 saturated carbocycles. The topological polar surface area (TPSA) is 42.5 Å². The fourth-order valence-electron chi connectivity index (χ4n) is 2.58. The first-order chi connectivity index (χ1) is 11.4. The van der Waals surface area contributed by atoms with Crippen LogP contribution in [0, 0.1) is 13.8 Å². The summed E-state index contributed by atoms with van der Waals surface area (Å²) in [5.74, 6) is 1.35. The number of rotatable bonds is 5. The zero-order chi connectivity index (χ0) is 17.7. The highest BCUT2D eigenvalue weighted by atomic mass is 32.1. The number of hydrogen-bond donors (Lipinski definition) is 2. The van der Waals surface area contributed by atoms with Gasteiger partial charge < -0.3 is 20.1 Å². The molecule has 0 aliphatic rings. The van der Waals surface area contributed by atoms with Crippen molar-refractivity contribution in [2.45, 2.75) is 26.8 Å². The Labute approximate surface area is 149 Å². The molecule has 0 amide bonds. The van der Waals surface area contributed by atoms with Crippen molar-refractivity contribution < 1.29 is 9.47 Å². The highest BCUT2D eigenvalue weighted by Gasteiger charge is 2.11. The lowest BCUT2D eigenvalue weighted by Gasteiger charge is -2.20. The number of nitrogens with one attached hydrogen (secondary N) is 2. The summed E-state index contributed by atoms with van der Waals surface area (Å²) in [6, 6.07) is 12.2. The van der Waals surface area contributed by atoms with Crippen LogP contribution < -0.4 is 20.1 Å². The minimum Gasteiger partial charge on any atom is -0.493 e. The standard InChI is InChI=1S/C19H24N2O2S/c1-12-6-7-13(2)16(10-12)14(3)20-19(24)21-15-8-9-17(22-4)18(11-15)23-5/h6-11,14H,1-5H3,(H2,20,21,24)/t14-/m1/s1. The molecule has 0 saturated heterocycles. The predicted octanol–water partition coefficient (Wildman–Crippen LogP) is 4.37. The quantitative estimate of drug-likeness (QED) is 0.789. The predicted molar refractivity (Wildman–Crippen MR) is 103 cm³/mol. The van der Waals surface area contributed by atoms with E-state index >= 15 is 0 Å². The van der Waals surface area contributed by atoms with E-state index in [4.69, 9.17) is 21.7 Å². The number of ether oxygens (including phenoxy) is 2. The van der Waals surface area contributed by atoms with Crippen molar-refractivity contribution in [3.63, 3.8) is 0 Å². The van der Waals surface area contributed by atoms with Crippen molar-refractivity contribution in [2.75, 3.05) is 19.5 Å². The van der Waals surface area contributed by atoms with E-state index in [0.29, 0.717) is 16.6 Å². The van der Waals surface area contributed by atoms with Gasteiger partial charge in [-0.15, -0.1) is 0 Å². The Hall–Kier alpha value is -2.27. The van der Waals surface area contributed by atoms with E-state index < -0.39 is 0 Å². The molecule has 24 heavy (non-hydrogen) atoms. The molecular weight excluding hydrogens is 320 g/mol. The SMILES string of the molecule is COc1ccc(NC(=S)N[C@H](C)c2cc(C)ccc2C)cc1OC. The summed E-state index contributed by atoms with van der Waals surface area (Å²) in [7, 11) is 3.23. The second kappa shape index (κ2) is 8.02. The van der Waals surface area contributed by atoms with Crippen LogP contribution in [-0.2, 0) is 0 Å². The lowest BCUT2D eigenvalue weighted by atomic mass is 10.0. The zero-order valence-electron chi connectivity index (χ0n) is 14.8. The van der Waals surface area contributed by atoms with Gasteiger partial charge in [-0.1, -0.05) is 23.8 Å². The van der Waals surface area contributed by atoms with Crippen molar-refractivity contribution in [1.82, 2.24) is 5.32 Å². The molecule has 2 aromatic rings. The van der Waals surface area contributed by atoms with Gasteiger partial charge in [-0.3, -0.25) is 0 Å². The van der Waals surface area contributed by atoms with E-state index in [-0.39, 0.29) is 6.04 Å². The van der Waals surface area contributed by atoms with Crippen molar-refractivity contribution in [3.05, 3.63) is 53.1 Å². The maximum atomic E-state index is 5.43. The number of thiocarbonyl (C=S) groups is 1. The lowest BCUT2D eigenvalue weighted by molar-refractivity contribution is 0.355. The smallest absolute Gasteiger partial charge is 0.171 e. The first-order valence-corrected chi connectivity index (χ1v) is 8.22. The highest BCUT2D eigenvalue weighted by Crippen LogP contribution is 2.29. The van der Waals surface area contributed by atoms with Crippen LogP contribution in [0.4, 0.5) is 5.69 Å². The molecule has 0 aliphatic carbocycles. The van der Waals surface area contributed by atoms with Gasteiger partial charge in [0.05, 0.1) is 20.3 Å². The second-order valence-corrected chi connectivity index (χ2v) is 6.16. The molecule has 2 N–H and O–H groups in total. The van der Waals surface area contributed by atoms with Gasteiger partial charge in [0.25, 0.3) is 0 Å². The molecule has 4 nitrogen and oxygen atoms in total. The van der Waals surface area contributed by atoms with Crippen LogP contribution >= 0.6 is 12.2 Å². The van der Waals surface area contributed by atoms with Crippen molar-refractivity contribution in [3.8, 4) is 11.5 Å². The Bertz CT molecular complexity index is 731. The van der Waals surface area contributed by atoms with Crippen LogP contribution in [0.3, 0.4) is 0 Å². The van der Waals surface area contributed by atoms with Crippen molar-refractivity contribution in [2.24, 2.45) is 0 Å². The summed E-state index contributed by atoms with van der Waals surface area (Å²) in [6.45, 7) is 6.30. The first kappa shape index (κ1) is 18.1. The van der Waals surface area contributed by atoms with E-state index in [1.165, 1.54) is 16.7 Å². The average Bonchev–Trinajstić information content (AvgIpc) is 2.56. The summed E-state index contributed by atoms with van der Waals surface area (Å²) in [5.41, 5.74) is 4.57. The Balaban J connectivity index is 2.06. The number of methoxy groups -OCH3 is 2. The Kier molecular flexibility index (Phi) is 6.04. The van der Waals surface area contributed by atoms with E-state index in [0.717, 1.165) is 5.69 Å². The number of benzene rings is 2. The second-order valence-electron chi connectivity index (χ2n) is 5.75. The van der Waals surface area contributed by atoms with Crippen LogP contribution in [-0.4, -0.2) is 19.3 Å². The maximum Gasteiger partial charge on any atom is 0.171 e. The molecule has 1 atom stereocenters. The molecule has 2 aromatic carbocycles. The third-order valence-electron chi connectivity index (χ3n) is 3.89. The summed E-state index contributed by atoms with van der Waals surface area (Å²) >= 11 is 5.43. The average molecular weight is 344 g/mol. The minimum absolute atomic E-state index is 0.116. The molecule has 0 fully saturated rings. The Morgan fingerprint density at radius 3 is 2.38 bits per heavy atom. The van der Waals surface area contributed by atoms with Gasteiger partial charge >= 0.3 is 0 Å². The van der Waals surface area contributed by atoms with Gasteiger partial charge in [-0.25, -0.2) is 0 Å². The van der Waals surface area contributed by atoms with Gasteiger partial charge in [-0.05, 0) is 56.2 Å². The molecule has 0 bridgehead atoms.